The van der Waals surface area contributed by atoms with Gasteiger partial charge in [0.15, 0.2) is 5.43 Å². The third kappa shape index (κ3) is 5.17. The molecule has 2 aromatic heterocycles. The maximum atomic E-state index is 14.0. The predicted octanol–water partition coefficient (Wildman–Crippen LogP) is 6.96. The fraction of sp³-hybridized carbons (Fsp3) is 0.250. The Bertz CT molecular complexity index is 1620. The SMILES string of the molecule is Cc1ccc(-c2nc(CCN)cn2C(c2oc3cc(Cl)ccc3c(=O)c2Cc2ccccc2)C(C)C)cc1. The monoisotopic (exact) mass is 525 g/mol. The van der Waals surface area contributed by atoms with Crippen LogP contribution in [-0.4, -0.2) is 16.1 Å². The third-order valence-electron chi connectivity index (χ3n) is 6.90. The molecule has 3 aromatic carbocycles. The number of imidazole rings is 1. The lowest BCUT2D eigenvalue weighted by atomic mass is 9.93. The largest absolute Gasteiger partial charge is 0.458 e. The molecule has 2 N–H and O–H groups in total. The number of hydrogen-bond acceptors (Lipinski definition) is 4. The van der Waals surface area contributed by atoms with E-state index in [1.165, 1.54) is 5.56 Å². The van der Waals surface area contributed by atoms with Gasteiger partial charge in [0, 0.05) is 41.3 Å². The van der Waals surface area contributed by atoms with Crippen LogP contribution in [0, 0.1) is 12.8 Å². The van der Waals surface area contributed by atoms with Gasteiger partial charge < -0.3 is 14.7 Å². The van der Waals surface area contributed by atoms with Gasteiger partial charge in [-0.2, -0.15) is 0 Å². The first-order chi connectivity index (χ1) is 18.4. The standard InChI is InChI=1S/C32H32ClN3O2/c1-20(2)29(36-19-25(15-16-34)35-32(36)23-11-9-21(3)10-12-23)31-27(17-22-7-5-4-6-8-22)30(37)26-14-13-24(33)18-28(26)38-31/h4-14,18-20,29H,15-17,34H2,1-3H3. The first-order valence-electron chi connectivity index (χ1n) is 13.0. The zero-order valence-electron chi connectivity index (χ0n) is 21.9. The van der Waals surface area contributed by atoms with E-state index in [2.05, 4.69) is 55.8 Å². The van der Waals surface area contributed by atoms with Gasteiger partial charge in [0.1, 0.15) is 17.2 Å². The number of rotatable bonds is 8. The second kappa shape index (κ2) is 11.0. The number of aromatic nitrogens is 2. The van der Waals surface area contributed by atoms with Crippen molar-refractivity contribution < 1.29 is 4.42 Å². The van der Waals surface area contributed by atoms with Crippen molar-refractivity contribution in [2.45, 2.75) is 39.7 Å². The highest BCUT2D eigenvalue weighted by Crippen LogP contribution is 2.36. The van der Waals surface area contributed by atoms with E-state index >= 15 is 0 Å². The zero-order valence-corrected chi connectivity index (χ0v) is 22.7. The molecular formula is C32H32ClN3O2. The normalized spacial score (nSPS) is 12.4. The maximum Gasteiger partial charge on any atom is 0.196 e. The molecule has 0 aliphatic heterocycles. The Hall–Kier alpha value is -3.67. The molecule has 0 fully saturated rings. The van der Waals surface area contributed by atoms with Crippen LogP contribution < -0.4 is 11.2 Å². The van der Waals surface area contributed by atoms with E-state index in [9.17, 15) is 4.79 Å². The summed E-state index contributed by atoms with van der Waals surface area (Å²) in [6.45, 7) is 6.85. The van der Waals surface area contributed by atoms with Crippen molar-refractivity contribution in [1.29, 1.82) is 0 Å². The molecule has 194 valence electrons. The summed E-state index contributed by atoms with van der Waals surface area (Å²) in [5.41, 5.74) is 11.1. The Morgan fingerprint density at radius 1 is 1.03 bits per heavy atom. The fourth-order valence-corrected chi connectivity index (χ4v) is 5.18. The molecule has 0 amide bonds. The van der Waals surface area contributed by atoms with Gasteiger partial charge in [-0.25, -0.2) is 4.98 Å². The van der Waals surface area contributed by atoms with Crippen LogP contribution in [0.1, 0.15) is 48.0 Å². The summed E-state index contributed by atoms with van der Waals surface area (Å²) in [4.78, 5) is 19.0. The molecule has 0 spiro atoms. The molecule has 0 bridgehead atoms. The van der Waals surface area contributed by atoms with E-state index in [0.717, 1.165) is 22.6 Å². The molecule has 2 heterocycles. The van der Waals surface area contributed by atoms with Crippen molar-refractivity contribution in [3.63, 3.8) is 0 Å². The molecule has 0 saturated carbocycles. The smallest absolute Gasteiger partial charge is 0.196 e. The zero-order chi connectivity index (χ0) is 26.8. The molecule has 0 saturated heterocycles. The number of aryl methyl sites for hydroxylation is 1. The van der Waals surface area contributed by atoms with Gasteiger partial charge in [0.2, 0.25) is 0 Å². The summed E-state index contributed by atoms with van der Waals surface area (Å²) in [5.74, 6) is 1.55. The number of halogens is 1. The van der Waals surface area contributed by atoms with Crippen LogP contribution in [0.2, 0.25) is 5.02 Å². The van der Waals surface area contributed by atoms with Crippen molar-refractivity contribution >= 4 is 22.6 Å². The topological polar surface area (TPSA) is 74.0 Å². The maximum absolute atomic E-state index is 14.0. The Balaban J connectivity index is 1.78. The summed E-state index contributed by atoms with van der Waals surface area (Å²) in [5, 5.41) is 1.05. The molecule has 38 heavy (non-hydrogen) atoms. The quantitative estimate of drug-likeness (QED) is 0.238. The minimum Gasteiger partial charge on any atom is -0.458 e. The molecule has 0 aliphatic carbocycles. The molecule has 1 atom stereocenters. The Kier molecular flexibility index (Phi) is 7.50. The van der Waals surface area contributed by atoms with Crippen LogP contribution >= 0.6 is 11.6 Å². The van der Waals surface area contributed by atoms with E-state index in [1.54, 1.807) is 18.2 Å². The van der Waals surface area contributed by atoms with Crippen LogP contribution in [0.15, 0.2) is 88.2 Å². The van der Waals surface area contributed by atoms with Crippen LogP contribution in [0.5, 0.6) is 0 Å². The van der Waals surface area contributed by atoms with Crippen molar-refractivity contribution in [3.05, 3.63) is 122 Å². The second-order valence-electron chi connectivity index (χ2n) is 10.1. The summed E-state index contributed by atoms with van der Waals surface area (Å²) in [7, 11) is 0. The van der Waals surface area contributed by atoms with Gasteiger partial charge in [0.25, 0.3) is 0 Å². The van der Waals surface area contributed by atoms with Gasteiger partial charge in [0.05, 0.1) is 17.1 Å². The summed E-state index contributed by atoms with van der Waals surface area (Å²) in [6.07, 6.45) is 3.18. The first kappa shape index (κ1) is 26.0. The first-order valence-corrected chi connectivity index (χ1v) is 13.4. The fourth-order valence-electron chi connectivity index (χ4n) is 5.02. The lowest BCUT2D eigenvalue weighted by Crippen LogP contribution is -2.23. The lowest BCUT2D eigenvalue weighted by Gasteiger charge is -2.26. The van der Waals surface area contributed by atoms with Crippen molar-refractivity contribution in [1.82, 2.24) is 9.55 Å². The van der Waals surface area contributed by atoms with Gasteiger partial charge in [-0.15, -0.1) is 0 Å². The average molecular weight is 526 g/mol. The molecular weight excluding hydrogens is 494 g/mol. The second-order valence-corrected chi connectivity index (χ2v) is 10.6. The molecule has 0 aliphatic rings. The number of nitrogens with two attached hydrogens (primary N) is 1. The Morgan fingerprint density at radius 2 is 1.76 bits per heavy atom. The number of fused-ring (bicyclic) bond motifs is 1. The van der Waals surface area contributed by atoms with E-state index in [4.69, 9.17) is 26.7 Å². The summed E-state index contributed by atoms with van der Waals surface area (Å²) in [6, 6.07) is 23.3. The van der Waals surface area contributed by atoms with E-state index < -0.39 is 0 Å². The van der Waals surface area contributed by atoms with Gasteiger partial charge in [-0.3, -0.25) is 4.79 Å². The van der Waals surface area contributed by atoms with Crippen molar-refractivity contribution in [3.8, 4) is 11.4 Å². The van der Waals surface area contributed by atoms with Gasteiger partial charge >= 0.3 is 0 Å². The third-order valence-corrected chi connectivity index (χ3v) is 7.13. The Labute approximate surface area is 227 Å². The number of hydrogen-bond donors (Lipinski definition) is 1. The van der Waals surface area contributed by atoms with Gasteiger partial charge in [-0.1, -0.05) is 85.6 Å². The van der Waals surface area contributed by atoms with E-state index in [1.807, 2.05) is 30.3 Å². The predicted molar refractivity (Wildman–Crippen MR) is 155 cm³/mol. The molecule has 1 unspecified atom stereocenters. The van der Waals surface area contributed by atoms with Crippen LogP contribution in [0.25, 0.3) is 22.4 Å². The van der Waals surface area contributed by atoms with Gasteiger partial charge in [-0.05, 0) is 37.1 Å². The molecule has 0 radical (unpaired) electrons. The highest BCUT2D eigenvalue weighted by molar-refractivity contribution is 6.31. The average Bonchev–Trinajstić information content (AvgIpc) is 3.30. The summed E-state index contributed by atoms with van der Waals surface area (Å²) < 4.78 is 8.78. The molecule has 6 heteroatoms. The number of nitrogens with zero attached hydrogens (tertiary/aromatic N) is 2. The molecule has 5 rings (SSSR count). The minimum absolute atomic E-state index is 0.0356. The minimum atomic E-state index is -0.278. The Morgan fingerprint density at radius 3 is 2.45 bits per heavy atom. The molecule has 5 aromatic rings. The van der Waals surface area contributed by atoms with Crippen molar-refractivity contribution in [2.24, 2.45) is 11.7 Å². The van der Waals surface area contributed by atoms with E-state index in [-0.39, 0.29) is 17.4 Å². The lowest BCUT2D eigenvalue weighted by molar-refractivity contribution is 0.359. The summed E-state index contributed by atoms with van der Waals surface area (Å²) >= 11 is 6.32. The molecule has 5 nitrogen and oxygen atoms in total. The van der Waals surface area contributed by atoms with E-state index in [0.29, 0.717) is 46.7 Å². The van der Waals surface area contributed by atoms with Crippen molar-refractivity contribution in [2.75, 3.05) is 6.54 Å². The highest BCUT2D eigenvalue weighted by Gasteiger charge is 2.29. The number of benzene rings is 3. The van der Waals surface area contributed by atoms with Crippen LogP contribution in [-0.2, 0) is 12.8 Å². The van der Waals surface area contributed by atoms with Crippen LogP contribution in [0.4, 0.5) is 0 Å². The highest BCUT2D eigenvalue weighted by atomic mass is 35.5. The van der Waals surface area contributed by atoms with Crippen LogP contribution in [0.3, 0.4) is 0 Å².